The number of alkyl halides is 2. The summed E-state index contributed by atoms with van der Waals surface area (Å²) in [7, 11) is 0. The van der Waals surface area contributed by atoms with Crippen LogP contribution in [0.3, 0.4) is 0 Å². The summed E-state index contributed by atoms with van der Waals surface area (Å²) in [5.41, 5.74) is 0.829. The van der Waals surface area contributed by atoms with Crippen molar-refractivity contribution in [2.45, 2.75) is 25.5 Å². The van der Waals surface area contributed by atoms with Crippen LogP contribution in [0.1, 0.15) is 24.4 Å². The minimum absolute atomic E-state index is 0. The third-order valence-corrected chi connectivity index (χ3v) is 2.57. The first-order valence-corrected chi connectivity index (χ1v) is 5.04. The van der Waals surface area contributed by atoms with Gasteiger partial charge < -0.3 is 10.1 Å². The first-order chi connectivity index (χ1) is 7.27. The quantitative estimate of drug-likeness (QED) is 0.813. The third-order valence-electron chi connectivity index (χ3n) is 2.57. The van der Waals surface area contributed by atoms with Crippen LogP contribution in [0.5, 0.6) is 5.75 Å². The molecular formula is C11H13F2NNaO. The molecule has 0 spiro atoms. The Morgan fingerprint density at radius 1 is 1.31 bits per heavy atom. The number of rotatable bonds is 3. The average Bonchev–Trinajstić information content (AvgIpc) is 2.70. The fourth-order valence-electron chi connectivity index (χ4n) is 1.92. The van der Waals surface area contributed by atoms with E-state index in [0.717, 1.165) is 24.9 Å². The smallest absolute Gasteiger partial charge is 0.387 e. The molecule has 2 nitrogen and oxygen atoms in total. The van der Waals surface area contributed by atoms with Crippen molar-refractivity contribution in [3.63, 3.8) is 0 Å². The molecule has 1 saturated heterocycles. The van der Waals surface area contributed by atoms with Gasteiger partial charge in [0, 0.05) is 41.2 Å². The zero-order valence-electron chi connectivity index (χ0n) is 9.25. The van der Waals surface area contributed by atoms with Gasteiger partial charge in [-0.1, -0.05) is 18.2 Å². The topological polar surface area (TPSA) is 21.3 Å². The van der Waals surface area contributed by atoms with Gasteiger partial charge in [-0.2, -0.15) is 8.78 Å². The molecule has 1 aromatic carbocycles. The molecule has 0 saturated carbocycles. The van der Waals surface area contributed by atoms with Gasteiger partial charge in [0.2, 0.25) is 0 Å². The number of para-hydroxylation sites is 1. The number of ether oxygens (including phenoxy) is 1. The molecule has 16 heavy (non-hydrogen) atoms. The second-order valence-corrected chi connectivity index (χ2v) is 3.57. The van der Waals surface area contributed by atoms with Crippen molar-refractivity contribution in [2.75, 3.05) is 6.54 Å². The van der Waals surface area contributed by atoms with E-state index in [9.17, 15) is 8.78 Å². The van der Waals surface area contributed by atoms with Crippen LogP contribution in [0.15, 0.2) is 24.3 Å². The summed E-state index contributed by atoms with van der Waals surface area (Å²) < 4.78 is 28.8. The summed E-state index contributed by atoms with van der Waals surface area (Å²) in [5.74, 6) is 0.284. The number of hydrogen-bond acceptors (Lipinski definition) is 2. The number of benzene rings is 1. The van der Waals surface area contributed by atoms with Crippen molar-refractivity contribution in [2.24, 2.45) is 0 Å². The van der Waals surface area contributed by atoms with Gasteiger partial charge in [-0.05, 0) is 25.5 Å². The molecule has 0 bridgehead atoms. The number of halogens is 2. The van der Waals surface area contributed by atoms with Gasteiger partial charge in [0.1, 0.15) is 5.75 Å². The Bertz CT molecular complexity index is 330. The van der Waals surface area contributed by atoms with Crippen LogP contribution in [0, 0.1) is 0 Å². The van der Waals surface area contributed by atoms with Crippen molar-refractivity contribution < 1.29 is 13.5 Å². The van der Waals surface area contributed by atoms with Crippen LogP contribution >= 0.6 is 0 Å². The van der Waals surface area contributed by atoms with E-state index in [1.165, 1.54) is 0 Å². The monoisotopic (exact) mass is 236 g/mol. The van der Waals surface area contributed by atoms with Crippen molar-refractivity contribution in [1.82, 2.24) is 5.32 Å². The zero-order valence-corrected chi connectivity index (χ0v) is 11.2. The van der Waals surface area contributed by atoms with Gasteiger partial charge in [0.15, 0.2) is 0 Å². The van der Waals surface area contributed by atoms with E-state index in [0.29, 0.717) is 0 Å². The van der Waals surface area contributed by atoms with E-state index in [-0.39, 0.29) is 41.3 Å². The number of nitrogens with one attached hydrogen (secondary N) is 1. The molecule has 1 N–H and O–H groups in total. The maximum absolute atomic E-state index is 12.1. The van der Waals surface area contributed by atoms with E-state index >= 15 is 0 Å². The Labute approximate surface area is 116 Å². The molecule has 1 aliphatic heterocycles. The van der Waals surface area contributed by atoms with Gasteiger partial charge in [-0.3, -0.25) is 0 Å². The van der Waals surface area contributed by atoms with E-state index in [4.69, 9.17) is 0 Å². The maximum atomic E-state index is 12.1. The van der Waals surface area contributed by atoms with Gasteiger partial charge >= 0.3 is 6.61 Å². The van der Waals surface area contributed by atoms with E-state index in [2.05, 4.69) is 10.1 Å². The predicted molar refractivity (Wildman–Crippen MR) is 58.8 cm³/mol. The molecule has 83 valence electrons. The van der Waals surface area contributed by atoms with Gasteiger partial charge in [0.25, 0.3) is 0 Å². The van der Waals surface area contributed by atoms with Crippen molar-refractivity contribution >= 4 is 29.6 Å². The molecule has 0 aromatic heterocycles. The van der Waals surface area contributed by atoms with Crippen LogP contribution in [0.25, 0.3) is 0 Å². The van der Waals surface area contributed by atoms with E-state index in [1.54, 1.807) is 12.1 Å². The normalized spacial score (nSPS) is 19.6. The van der Waals surface area contributed by atoms with Crippen LogP contribution in [-0.4, -0.2) is 42.7 Å². The molecule has 1 radical (unpaired) electrons. The summed E-state index contributed by atoms with van der Waals surface area (Å²) in [6, 6.07) is 7.12. The molecule has 1 heterocycles. The van der Waals surface area contributed by atoms with Gasteiger partial charge in [-0.25, -0.2) is 0 Å². The molecule has 0 amide bonds. The Balaban J connectivity index is 0.00000128. The Morgan fingerprint density at radius 3 is 2.69 bits per heavy atom. The summed E-state index contributed by atoms with van der Waals surface area (Å²) in [6.07, 6.45) is 2.05. The minimum atomic E-state index is -2.76. The van der Waals surface area contributed by atoms with Gasteiger partial charge in [0.05, 0.1) is 0 Å². The van der Waals surface area contributed by atoms with Crippen LogP contribution in [0.2, 0.25) is 0 Å². The Kier molecular flexibility index (Phi) is 5.69. The second kappa shape index (κ2) is 6.55. The summed E-state index contributed by atoms with van der Waals surface area (Å²) >= 11 is 0. The fourth-order valence-corrected chi connectivity index (χ4v) is 1.92. The minimum Gasteiger partial charge on any atom is -0.434 e. The fraction of sp³-hybridized carbons (Fsp3) is 0.455. The van der Waals surface area contributed by atoms with Crippen molar-refractivity contribution in [1.29, 1.82) is 0 Å². The van der Waals surface area contributed by atoms with Gasteiger partial charge in [-0.15, -0.1) is 0 Å². The maximum Gasteiger partial charge on any atom is 0.387 e. The van der Waals surface area contributed by atoms with Crippen molar-refractivity contribution in [3.05, 3.63) is 29.8 Å². The molecule has 1 aliphatic rings. The largest absolute Gasteiger partial charge is 0.434 e. The molecule has 1 aromatic rings. The second-order valence-electron chi connectivity index (χ2n) is 3.57. The van der Waals surface area contributed by atoms with E-state index < -0.39 is 6.61 Å². The summed E-state index contributed by atoms with van der Waals surface area (Å²) in [4.78, 5) is 0. The van der Waals surface area contributed by atoms with Crippen LogP contribution < -0.4 is 10.1 Å². The standard InChI is InChI=1S/C11H13F2NO.Na/c12-11(13)15-10-6-2-1-4-8(10)9-5-3-7-14-9;/h1-2,4,6,9,11,14H,3,5,7H2;. The van der Waals surface area contributed by atoms with Crippen molar-refractivity contribution in [3.8, 4) is 5.75 Å². The predicted octanol–water partition coefficient (Wildman–Crippen LogP) is 2.33. The first-order valence-electron chi connectivity index (χ1n) is 5.04. The third kappa shape index (κ3) is 3.42. The summed E-state index contributed by atoms with van der Waals surface area (Å²) in [5, 5.41) is 3.26. The van der Waals surface area contributed by atoms with E-state index in [1.807, 2.05) is 12.1 Å². The molecule has 2 rings (SSSR count). The Hall–Kier alpha value is -0.160. The first kappa shape index (κ1) is 13.9. The van der Waals surface area contributed by atoms with Crippen LogP contribution in [0.4, 0.5) is 8.78 Å². The molecule has 1 unspecified atom stereocenters. The average molecular weight is 236 g/mol. The Morgan fingerprint density at radius 2 is 2.06 bits per heavy atom. The molecular weight excluding hydrogens is 223 g/mol. The molecule has 0 aliphatic carbocycles. The molecule has 5 heteroatoms. The SMILES string of the molecule is FC(F)Oc1ccccc1C1CCCN1.[Na]. The molecule has 1 atom stereocenters. The van der Waals surface area contributed by atoms with Crippen LogP contribution in [-0.2, 0) is 0 Å². The number of hydrogen-bond donors (Lipinski definition) is 1. The zero-order chi connectivity index (χ0) is 10.7. The molecule has 1 fully saturated rings. The summed E-state index contributed by atoms with van der Waals surface area (Å²) in [6.45, 7) is -1.82.